The summed E-state index contributed by atoms with van der Waals surface area (Å²) in [5, 5.41) is 5.78. The first-order valence-electron chi connectivity index (χ1n) is 6.25. The molecule has 4 aromatic rings. The second-order valence-electron chi connectivity index (χ2n) is 4.52. The van der Waals surface area contributed by atoms with Crippen LogP contribution in [0.5, 0.6) is 0 Å². The number of hydrogen-bond acceptors (Lipinski definition) is 5. The van der Waals surface area contributed by atoms with Gasteiger partial charge in [-0.25, -0.2) is 9.97 Å². The second-order valence-corrected chi connectivity index (χ2v) is 4.95. The van der Waals surface area contributed by atoms with Gasteiger partial charge in [0.1, 0.15) is 5.69 Å². The molecule has 0 aliphatic rings. The molecule has 4 rings (SSSR count). The van der Waals surface area contributed by atoms with Gasteiger partial charge in [-0.3, -0.25) is 4.98 Å². The predicted octanol–water partition coefficient (Wildman–Crippen LogP) is 2.58. The second kappa shape index (κ2) is 4.39. The summed E-state index contributed by atoms with van der Waals surface area (Å²) in [6.07, 6.45) is 1.69. The van der Waals surface area contributed by atoms with Crippen molar-refractivity contribution in [3.8, 4) is 11.5 Å². The molecule has 1 aromatic carbocycles. The minimum atomic E-state index is 0.273. The number of fused-ring (bicyclic) bond motifs is 3. The van der Waals surface area contributed by atoms with E-state index in [-0.39, 0.29) is 5.95 Å². The third kappa shape index (κ3) is 1.88. The summed E-state index contributed by atoms with van der Waals surface area (Å²) in [7, 11) is 0. The van der Waals surface area contributed by atoms with E-state index in [0.717, 1.165) is 10.9 Å². The normalized spacial score (nSPS) is 11.3. The molecule has 7 heteroatoms. The van der Waals surface area contributed by atoms with Crippen LogP contribution in [0.15, 0.2) is 42.6 Å². The third-order valence-corrected chi connectivity index (χ3v) is 3.39. The van der Waals surface area contributed by atoms with Crippen molar-refractivity contribution in [1.82, 2.24) is 24.6 Å². The lowest BCUT2D eigenvalue weighted by Crippen LogP contribution is -2.02. The van der Waals surface area contributed by atoms with E-state index in [2.05, 4.69) is 20.1 Å². The first kappa shape index (κ1) is 12.0. The van der Waals surface area contributed by atoms with Gasteiger partial charge in [-0.15, -0.1) is 5.10 Å². The Morgan fingerprint density at radius 3 is 2.81 bits per heavy atom. The number of rotatable bonds is 1. The molecule has 0 saturated heterocycles. The lowest BCUT2D eigenvalue weighted by atomic mass is 10.2. The molecule has 21 heavy (non-hydrogen) atoms. The zero-order valence-electron chi connectivity index (χ0n) is 10.7. The van der Waals surface area contributed by atoms with Gasteiger partial charge in [0.2, 0.25) is 11.8 Å². The fourth-order valence-corrected chi connectivity index (χ4v) is 2.38. The van der Waals surface area contributed by atoms with E-state index in [1.165, 1.54) is 4.52 Å². The first-order chi connectivity index (χ1) is 10.2. The van der Waals surface area contributed by atoms with Gasteiger partial charge in [0.05, 0.1) is 5.52 Å². The molecule has 0 amide bonds. The van der Waals surface area contributed by atoms with Crippen molar-refractivity contribution < 1.29 is 0 Å². The molecule has 0 aliphatic carbocycles. The largest absolute Gasteiger partial charge is 0.368 e. The molecule has 0 radical (unpaired) electrons. The van der Waals surface area contributed by atoms with Crippen LogP contribution in [-0.2, 0) is 0 Å². The van der Waals surface area contributed by atoms with Crippen LogP contribution in [0.25, 0.3) is 28.1 Å². The zero-order chi connectivity index (χ0) is 14.4. The van der Waals surface area contributed by atoms with E-state index in [0.29, 0.717) is 22.2 Å². The molecule has 2 N–H and O–H groups in total. The van der Waals surface area contributed by atoms with E-state index in [1.54, 1.807) is 18.3 Å². The van der Waals surface area contributed by atoms with E-state index < -0.39 is 0 Å². The molecule has 0 fully saturated rings. The number of hydrogen-bond donors (Lipinski definition) is 1. The topological polar surface area (TPSA) is 82.0 Å². The Morgan fingerprint density at radius 2 is 2.00 bits per heavy atom. The number of halogens is 1. The van der Waals surface area contributed by atoms with Gasteiger partial charge in [-0.1, -0.05) is 17.7 Å². The molecular formula is C14H9ClN6. The molecule has 0 bridgehead atoms. The maximum absolute atomic E-state index is 6.05. The Kier molecular flexibility index (Phi) is 2.52. The van der Waals surface area contributed by atoms with Crippen LogP contribution in [0.3, 0.4) is 0 Å². The molecular weight excluding hydrogens is 288 g/mol. The molecule has 0 atom stereocenters. The van der Waals surface area contributed by atoms with Crippen LogP contribution in [0, 0.1) is 0 Å². The van der Waals surface area contributed by atoms with Gasteiger partial charge < -0.3 is 5.73 Å². The van der Waals surface area contributed by atoms with Crippen LogP contribution in [-0.4, -0.2) is 24.6 Å². The molecule has 0 aliphatic heterocycles. The summed E-state index contributed by atoms with van der Waals surface area (Å²) in [6.45, 7) is 0. The molecule has 3 heterocycles. The van der Waals surface area contributed by atoms with Gasteiger partial charge in [0.25, 0.3) is 0 Å². The van der Waals surface area contributed by atoms with Crippen molar-refractivity contribution in [2.24, 2.45) is 0 Å². The summed E-state index contributed by atoms with van der Waals surface area (Å²) < 4.78 is 1.50. The first-order valence-corrected chi connectivity index (χ1v) is 6.63. The molecule has 3 aromatic heterocycles. The Morgan fingerprint density at radius 1 is 1.10 bits per heavy atom. The molecule has 6 nitrogen and oxygen atoms in total. The number of pyridine rings is 1. The number of anilines is 1. The standard InChI is InChI=1S/C14H9ClN6/c15-8-4-5-10-9(7-8)13-19-12(11-3-1-2-6-17-11)20-21(13)14(16)18-10/h1-7H,(H2,16,18). The van der Waals surface area contributed by atoms with Crippen molar-refractivity contribution in [1.29, 1.82) is 0 Å². The summed E-state index contributed by atoms with van der Waals surface area (Å²) in [4.78, 5) is 13.1. The van der Waals surface area contributed by atoms with Gasteiger partial charge in [0.15, 0.2) is 5.65 Å². The lowest BCUT2D eigenvalue weighted by molar-refractivity contribution is 0.952. The average molecular weight is 297 g/mol. The summed E-state index contributed by atoms with van der Waals surface area (Å²) >= 11 is 6.05. The van der Waals surface area contributed by atoms with Crippen molar-refractivity contribution in [2.75, 3.05) is 5.73 Å². The SMILES string of the molecule is Nc1nc2ccc(Cl)cc2c2nc(-c3ccccn3)nn12. The predicted molar refractivity (Wildman–Crippen MR) is 80.9 cm³/mol. The van der Waals surface area contributed by atoms with Crippen molar-refractivity contribution in [2.45, 2.75) is 0 Å². The molecule has 0 saturated carbocycles. The fourth-order valence-electron chi connectivity index (χ4n) is 2.21. The van der Waals surface area contributed by atoms with E-state index in [9.17, 15) is 0 Å². The monoisotopic (exact) mass is 296 g/mol. The number of benzene rings is 1. The quantitative estimate of drug-likeness (QED) is 0.584. The minimum absolute atomic E-state index is 0.273. The fraction of sp³-hybridized carbons (Fsp3) is 0. The maximum atomic E-state index is 6.05. The Bertz CT molecular complexity index is 963. The van der Waals surface area contributed by atoms with Gasteiger partial charge >= 0.3 is 0 Å². The Hall–Kier alpha value is -2.73. The summed E-state index contributed by atoms with van der Waals surface area (Å²) in [5.41, 5.74) is 7.96. The minimum Gasteiger partial charge on any atom is -0.368 e. The van der Waals surface area contributed by atoms with Gasteiger partial charge in [0, 0.05) is 16.6 Å². The highest BCUT2D eigenvalue weighted by molar-refractivity contribution is 6.31. The van der Waals surface area contributed by atoms with Crippen LogP contribution >= 0.6 is 11.6 Å². The number of nitrogen functional groups attached to an aromatic ring is 1. The Balaban J connectivity index is 2.08. The highest BCUT2D eigenvalue weighted by Gasteiger charge is 2.13. The molecule has 0 unspecified atom stereocenters. The van der Waals surface area contributed by atoms with Crippen LogP contribution in [0.2, 0.25) is 5.02 Å². The summed E-state index contributed by atoms with van der Waals surface area (Å²) in [6, 6.07) is 10.9. The van der Waals surface area contributed by atoms with E-state index in [1.807, 2.05) is 24.3 Å². The van der Waals surface area contributed by atoms with Crippen LogP contribution in [0.1, 0.15) is 0 Å². The Labute approximate surface area is 124 Å². The summed E-state index contributed by atoms with van der Waals surface area (Å²) in [5.74, 6) is 0.770. The number of nitrogens with zero attached hydrogens (tertiary/aromatic N) is 5. The van der Waals surface area contributed by atoms with E-state index in [4.69, 9.17) is 17.3 Å². The highest BCUT2D eigenvalue weighted by Crippen LogP contribution is 2.24. The van der Waals surface area contributed by atoms with Crippen molar-refractivity contribution in [3.63, 3.8) is 0 Å². The van der Waals surface area contributed by atoms with Gasteiger partial charge in [-0.2, -0.15) is 4.52 Å². The highest BCUT2D eigenvalue weighted by atomic mass is 35.5. The zero-order valence-corrected chi connectivity index (χ0v) is 11.5. The number of nitrogens with two attached hydrogens (primary N) is 1. The van der Waals surface area contributed by atoms with Crippen LogP contribution in [0.4, 0.5) is 5.95 Å². The number of aromatic nitrogens is 5. The van der Waals surface area contributed by atoms with Gasteiger partial charge in [-0.05, 0) is 30.3 Å². The lowest BCUT2D eigenvalue weighted by Gasteiger charge is -2.02. The van der Waals surface area contributed by atoms with Crippen molar-refractivity contribution >= 4 is 34.1 Å². The van der Waals surface area contributed by atoms with Crippen LogP contribution < -0.4 is 5.73 Å². The van der Waals surface area contributed by atoms with Crippen molar-refractivity contribution in [3.05, 3.63) is 47.6 Å². The smallest absolute Gasteiger partial charge is 0.223 e. The molecule has 0 spiro atoms. The molecule has 102 valence electrons. The third-order valence-electron chi connectivity index (χ3n) is 3.15. The average Bonchev–Trinajstić information content (AvgIpc) is 2.95. The maximum Gasteiger partial charge on any atom is 0.223 e. The van der Waals surface area contributed by atoms with E-state index >= 15 is 0 Å².